The van der Waals surface area contributed by atoms with Gasteiger partial charge in [0.1, 0.15) is 6.54 Å². The Morgan fingerprint density at radius 1 is 0.935 bits per heavy atom. The van der Waals surface area contributed by atoms with Crippen LogP contribution >= 0.6 is 34.8 Å². The van der Waals surface area contributed by atoms with Gasteiger partial charge < -0.3 is 5.32 Å². The summed E-state index contributed by atoms with van der Waals surface area (Å²) in [7, 11) is -4.01. The molecule has 162 valence electrons. The second-order valence-corrected chi connectivity index (χ2v) is 9.96. The van der Waals surface area contributed by atoms with Crippen molar-refractivity contribution in [2.75, 3.05) is 10.8 Å². The average Bonchev–Trinajstić information content (AvgIpc) is 2.71. The Morgan fingerprint density at radius 2 is 1.61 bits per heavy atom. The van der Waals surface area contributed by atoms with Crippen LogP contribution in [-0.2, 0) is 21.4 Å². The van der Waals surface area contributed by atoms with Crippen LogP contribution in [0.5, 0.6) is 0 Å². The molecule has 0 aliphatic heterocycles. The van der Waals surface area contributed by atoms with Gasteiger partial charge in [0, 0.05) is 21.6 Å². The van der Waals surface area contributed by atoms with Crippen LogP contribution in [-0.4, -0.2) is 20.9 Å². The number of hydrogen-bond acceptors (Lipinski definition) is 3. The lowest BCUT2D eigenvalue weighted by Gasteiger charge is -2.24. The van der Waals surface area contributed by atoms with Gasteiger partial charge in [-0.3, -0.25) is 9.10 Å². The van der Waals surface area contributed by atoms with E-state index in [1.54, 1.807) is 48.5 Å². The lowest BCUT2D eigenvalue weighted by atomic mass is 10.2. The highest BCUT2D eigenvalue weighted by molar-refractivity contribution is 7.92. The molecule has 3 aromatic carbocycles. The van der Waals surface area contributed by atoms with Gasteiger partial charge in [-0.1, -0.05) is 64.6 Å². The van der Waals surface area contributed by atoms with Crippen LogP contribution in [0.25, 0.3) is 0 Å². The van der Waals surface area contributed by atoms with E-state index >= 15 is 0 Å². The molecule has 3 aromatic rings. The van der Waals surface area contributed by atoms with E-state index in [0.717, 1.165) is 9.87 Å². The smallest absolute Gasteiger partial charge is 0.264 e. The maximum atomic E-state index is 13.3. The third-order valence-corrected chi connectivity index (χ3v) is 7.09. The Kier molecular flexibility index (Phi) is 7.49. The van der Waals surface area contributed by atoms with Gasteiger partial charge in [-0.05, 0) is 55.0 Å². The number of benzene rings is 3. The van der Waals surface area contributed by atoms with Crippen LogP contribution in [0.15, 0.2) is 71.6 Å². The van der Waals surface area contributed by atoms with E-state index < -0.39 is 22.5 Å². The number of halogens is 3. The van der Waals surface area contributed by atoms with Gasteiger partial charge in [-0.25, -0.2) is 8.42 Å². The molecule has 0 aliphatic carbocycles. The molecule has 0 saturated carbocycles. The fraction of sp³-hybridized carbons (Fsp3) is 0.136. The number of nitrogens with one attached hydrogen (secondary N) is 1. The Balaban J connectivity index is 1.86. The van der Waals surface area contributed by atoms with Gasteiger partial charge in [0.05, 0.1) is 10.6 Å². The Labute approximate surface area is 196 Å². The highest BCUT2D eigenvalue weighted by Crippen LogP contribution is 2.26. The van der Waals surface area contributed by atoms with Crippen molar-refractivity contribution in [1.29, 1.82) is 0 Å². The van der Waals surface area contributed by atoms with Crippen molar-refractivity contribution < 1.29 is 13.2 Å². The largest absolute Gasteiger partial charge is 0.350 e. The van der Waals surface area contributed by atoms with Crippen LogP contribution in [0.2, 0.25) is 15.1 Å². The van der Waals surface area contributed by atoms with E-state index in [4.69, 9.17) is 34.8 Å². The number of carbonyl (C=O) groups is 1. The maximum Gasteiger partial charge on any atom is 0.264 e. The topological polar surface area (TPSA) is 66.5 Å². The van der Waals surface area contributed by atoms with Crippen LogP contribution in [0.3, 0.4) is 0 Å². The van der Waals surface area contributed by atoms with Gasteiger partial charge in [0.15, 0.2) is 0 Å². The predicted molar refractivity (Wildman–Crippen MR) is 125 cm³/mol. The van der Waals surface area contributed by atoms with Crippen molar-refractivity contribution in [3.63, 3.8) is 0 Å². The third kappa shape index (κ3) is 5.92. The Bertz CT molecular complexity index is 1200. The summed E-state index contributed by atoms with van der Waals surface area (Å²) in [5, 5.41) is 3.95. The van der Waals surface area contributed by atoms with E-state index in [2.05, 4.69) is 5.32 Å². The first kappa shape index (κ1) is 23.4. The van der Waals surface area contributed by atoms with E-state index in [0.29, 0.717) is 20.6 Å². The van der Waals surface area contributed by atoms with E-state index in [1.165, 1.54) is 18.2 Å². The van der Waals surface area contributed by atoms with Gasteiger partial charge >= 0.3 is 0 Å². The Hall–Kier alpha value is -2.25. The van der Waals surface area contributed by atoms with Gasteiger partial charge in [-0.15, -0.1) is 0 Å². The summed E-state index contributed by atoms with van der Waals surface area (Å²) in [6.45, 7) is 1.56. The minimum Gasteiger partial charge on any atom is -0.350 e. The number of rotatable bonds is 7. The van der Waals surface area contributed by atoms with Crippen LogP contribution in [0, 0.1) is 6.92 Å². The second kappa shape index (κ2) is 9.92. The first-order valence-electron chi connectivity index (χ1n) is 9.22. The highest BCUT2D eigenvalue weighted by atomic mass is 35.5. The molecule has 0 radical (unpaired) electrons. The van der Waals surface area contributed by atoms with Crippen molar-refractivity contribution in [2.24, 2.45) is 0 Å². The number of aryl methyl sites for hydroxylation is 1. The highest BCUT2D eigenvalue weighted by Gasteiger charge is 2.27. The molecule has 0 unspecified atom stereocenters. The molecule has 0 fully saturated rings. The van der Waals surface area contributed by atoms with Crippen LogP contribution < -0.4 is 9.62 Å². The molecule has 1 N–H and O–H groups in total. The van der Waals surface area contributed by atoms with Crippen molar-refractivity contribution in [2.45, 2.75) is 18.4 Å². The van der Waals surface area contributed by atoms with E-state index in [1.807, 2.05) is 6.92 Å². The molecule has 0 bridgehead atoms. The summed E-state index contributed by atoms with van der Waals surface area (Å²) >= 11 is 18.1. The van der Waals surface area contributed by atoms with Crippen molar-refractivity contribution >= 4 is 56.4 Å². The molecular formula is C22H19Cl3N2O3S. The molecule has 31 heavy (non-hydrogen) atoms. The first-order chi connectivity index (χ1) is 14.7. The van der Waals surface area contributed by atoms with Crippen LogP contribution in [0.4, 0.5) is 5.69 Å². The SMILES string of the molecule is Cc1ccc(S(=O)(=O)N(CC(=O)NCc2ccc(Cl)cc2Cl)c2cccc(Cl)c2)cc1. The minimum atomic E-state index is -4.01. The number of sulfonamides is 1. The second-order valence-electron chi connectivity index (χ2n) is 6.82. The lowest BCUT2D eigenvalue weighted by Crippen LogP contribution is -2.40. The van der Waals surface area contributed by atoms with Crippen molar-refractivity contribution in [3.05, 3.63) is 92.9 Å². The number of amides is 1. The van der Waals surface area contributed by atoms with Crippen LogP contribution in [0.1, 0.15) is 11.1 Å². The minimum absolute atomic E-state index is 0.0756. The quantitative estimate of drug-likeness (QED) is 0.471. The fourth-order valence-electron chi connectivity index (χ4n) is 2.83. The number of carbonyl (C=O) groups excluding carboxylic acids is 1. The summed E-state index contributed by atoms with van der Waals surface area (Å²) in [5.74, 6) is -0.498. The summed E-state index contributed by atoms with van der Waals surface area (Å²) in [5.41, 5.74) is 1.87. The molecule has 0 aliphatic rings. The molecule has 0 saturated heterocycles. The average molecular weight is 498 g/mol. The van der Waals surface area contributed by atoms with Gasteiger partial charge in [-0.2, -0.15) is 0 Å². The van der Waals surface area contributed by atoms with E-state index in [-0.39, 0.29) is 17.1 Å². The van der Waals surface area contributed by atoms with Crippen molar-refractivity contribution in [3.8, 4) is 0 Å². The van der Waals surface area contributed by atoms with Gasteiger partial charge in [0.25, 0.3) is 10.0 Å². The monoisotopic (exact) mass is 496 g/mol. The zero-order chi connectivity index (χ0) is 22.6. The fourth-order valence-corrected chi connectivity index (χ4v) is 4.90. The maximum absolute atomic E-state index is 13.3. The molecular weight excluding hydrogens is 479 g/mol. The standard InChI is InChI=1S/C22H19Cl3N2O3S/c1-15-5-9-20(10-6-15)31(29,30)27(19-4-2-3-17(23)11-19)14-22(28)26-13-16-7-8-18(24)12-21(16)25/h2-12H,13-14H2,1H3,(H,26,28). The summed E-state index contributed by atoms with van der Waals surface area (Å²) < 4.78 is 27.7. The number of hydrogen-bond donors (Lipinski definition) is 1. The molecule has 0 atom stereocenters. The summed E-state index contributed by atoms with van der Waals surface area (Å²) in [6, 6.07) is 17.7. The molecule has 0 aromatic heterocycles. The first-order valence-corrected chi connectivity index (χ1v) is 11.8. The zero-order valence-corrected chi connectivity index (χ0v) is 19.6. The molecule has 1 amide bonds. The van der Waals surface area contributed by atoms with Gasteiger partial charge in [0.2, 0.25) is 5.91 Å². The molecule has 3 rings (SSSR count). The molecule has 0 spiro atoms. The number of anilines is 1. The molecule has 0 heterocycles. The zero-order valence-electron chi connectivity index (χ0n) is 16.5. The normalized spacial score (nSPS) is 11.2. The Morgan fingerprint density at radius 3 is 2.26 bits per heavy atom. The summed E-state index contributed by atoms with van der Waals surface area (Å²) in [4.78, 5) is 12.8. The summed E-state index contributed by atoms with van der Waals surface area (Å²) in [6.07, 6.45) is 0. The van der Waals surface area contributed by atoms with E-state index in [9.17, 15) is 13.2 Å². The van der Waals surface area contributed by atoms with Crippen molar-refractivity contribution in [1.82, 2.24) is 5.32 Å². The molecule has 9 heteroatoms. The lowest BCUT2D eigenvalue weighted by molar-refractivity contribution is -0.119. The number of nitrogens with zero attached hydrogens (tertiary/aromatic N) is 1. The molecule has 5 nitrogen and oxygen atoms in total. The predicted octanol–water partition coefficient (Wildman–Crippen LogP) is 5.47. The third-order valence-electron chi connectivity index (χ3n) is 4.48.